The summed E-state index contributed by atoms with van der Waals surface area (Å²) in [7, 11) is 1.63. The van der Waals surface area contributed by atoms with Crippen LogP contribution in [0.15, 0.2) is 28.8 Å². The van der Waals surface area contributed by atoms with Gasteiger partial charge in [-0.05, 0) is 38.1 Å². The quantitative estimate of drug-likeness (QED) is 0.540. The number of piperazine rings is 1. The lowest BCUT2D eigenvalue weighted by molar-refractivity contribution is -0.145. The highest BCUT2D eigenvalue weighted by Gasteiger charge is 2.26. The summed E-state index contributed by atoms with van der Waals surface area (Å²) in [4.78, 5) is 21.1. The molecule has 9 heteroatoms. The van der Waals surface area contributed by atoms with Crippen molar-refractivity contribution in [2.45, 2.75) is 26.5 Å². The molecule has 1 amide bonds. The molecule has 9 nitrogen and oxygen atoms in total. The van der Waals surface area contributed by atoms with E-state index in [-0.39, 0.29) is 5.91 Å². The Bertz CT molecular complexity index is 787. The molecular weight excluding hydrogens is 388 g/mol. The Morgan fingerprint density at radius 2 is 1.90 bits per heavy atom. The first kappa shape index (κ1) is 22.2. The van der Waals surface area contributed by atoms with Crippen LogP contribution >= 0.6 is 0 Å². The average molecular weight is 418 g/mol. The van der Waals surface area contributed by atoms with Gasteiger partial charge in [-0.15, -0.1) is 0 Å². The molecule has 1 atom stereocenters. The number of nitrogens with zero attached hydrogens (tertiary/aromatic N) is 4. The molecule has 0 aliphatic carbocycles. The standard InChI is InChI=1S/C21H30N4O5/c1-4-28-13-14-29-16(2)21(26)25-11-9-24(10-12-25)15-19-22-20(23-30-19)17-5-7-18(27-3)8-6-17/h5-8,16H,4,9-15H2,1-3H3. The number of hydrogen-bond acceptors (Lipinski definition) is 8. The lowest BCUT2D eigenvalue weighted by atomic mass is 10.2. The minimum atomic E-state index is -0.458. The van der Waals surface area contributed by atoms with Gasteiger partial charge >= 0.3 is 0 Å². The fraction of sp³-hybridized carbons (Fsp3) is 0.571. The van der Waals surface area contributed by atoms with Crippen LogP contribution in [0.2, 0.25) is 0 Å². The zero-order valence-electron chi connectivity index (χ0n) is 17.9. The first-order valence-electron chi connectivity index (χ1n) is 10.3. The maximum absolute atomic E-state index is 12.5. The first-order chi connectivity index (χ1) is 14.6. The van der Waals surface area contributed by atoms with Gasteiger partial charge < -0.3 is 23.6 Å². The molecular formula is C21H30N4O5. The van der Waals surface area contributed by atoms with Gasteiger partial charge in [0, 0.05) is 38.3 Å². The summed E-state index contributed by atoms with van der Waals surface area (Å²) >= 11 is 0. The number of ether oxygens (including phenoxy) is 3. The maximum Gasteiger partial charge on any atom is 0.251 e. The van der Waals surface area contributed by atoms with Crippen LogP contribution in [0.1, 0.15) is 19.7 Å². The number of hydrogen-bond donors (Lipinski definition) is 0. The van der Waals surface area contributed by atoms with Crippen molar-refractivity contribution in [1.82, 2.24) is 19.9 Å². The third-order valence-corrected chi connectivity index (χ3v) is 5.01. The highest BCUT2D eigenvalue weighted by atomic mass is 16.5. The maximum atomic E-state index is 12.5. The SMILES string of the molecule is CCOCCOC(C)C(=O)N1CCN(Cc2nc(-c3ccc(OC)cc3)no2)CC1. The Morgan fingerprint density at radius 3 is 2.57 bits per heavy atom. The third-order valence-electron chi connectivity index (χ3n) is 5.01. The van der Waals surface area contributed by atoms with E-state index in [0.29, 0.717) is 51.2 Å². The molecule has 0 radical (unpaired) electrons. The van der Waals surface area contributed by atoms with Crippen LogP contribution in [0.3, 0.4) is 0 Å². The molecule has 1 fully saturated rings. The van der Waals surface area contributed by atoms with Crippen molar-refractivity contribution in [3.8, 4) is 17.1 Å². The molecule has 0 bridgehead atoms. The molecule has 0 N–H and O–H groups in total. The Labute approximate surface area is 176 Å². The lowest BCUT2D eigenvalue weighted by Gasteiger charge is -2.35. The van der Waals surface area contributed by atoms with E-state index in [1.54, 1.807) is 14.0 Å². The Hall–Kier alpha value is -2.49. The molecule has 1 aliphatic heterocycles. The summed E-state index contributed by atoms with van der Waals surface area (Å²) in [5, 5.41) is 4.07. The Kier molecular flexibility index (Phi) is 8.18. The zero-order chi connectivity index (χ0) is 21.3. The van der Waals surface area contributed by atoms with Crippen molar-refractivity contribution in [3.63, 3.8) is 0 Å². The molecule has 2 heterocycles. The van der Waals surface area contributed by atoms with Crippen LogP contribution in [0, 0.1) is 0 Å². The van der Waals surface area contributed by atoms with E-state index in [1.165, 1.54) is 0 Å². The van der Waals surface area contributed by atoms with Gasteiger partial charge in [-0.25, -0.2) is 0 Å². The monoisotopic (exact) mass is 418 g/mol. The first-order valence-corrected chi connectivity index (χ1v) is 10.3. The fourth-order valence-electron chi connectivity index (χ4n) is 3.25. The number of amides is 1. The zero-order valence-corrected chi connectivity index (χ0v) is 17.9. The molecule has 1 aliphatic rings. The van der Waals surface area contributed by atoms with E-state index in [0.717, 1.165) is 24.4 Å². The van der Waals surface area contributed by atoms with Gasteiger partial charge in [0.1, 0.15) is 11.9 Å². The second kappa shape index (κ2) is 11.1. The van der Waals surface area contributed by atoms with E-state index in [9.17, 15) is 4.79 Å². The summed E-state index contributed by atoms with van der Waals surface area (Å²) in [6.45, 7) is 8.66. The second-order valence-electron chi connectivity index (χ2n) is 7.05. The average Bonchev–Trinajstić information content (AvgIpc) is 3.25. The van der Waals surface area contributed by atoms with Gasteiger partial charge in [0.05, 0.1) is 26.9 Å². The number of carbonyl (C=O) groups is 1. The minimum absolute atomic E-state index is 0.0192. The highest BCUT2D eigenvalue weighted by Crippen LogP contribution is 2.20. The van der Waals surface area contributed by atoms with Crippen molar-refractivity contribution in [1.29, 1.82) is 0 Å². The molecule has 1 aromatic carbocycles. The van der Waals surface area contributed by atoms with Crippen LogP contribution < -0.4 is 4.74 Å². The fourth-order valence-corrected chi connectivity index (χ4v) is 3.25. The van der Waals surface area contributed by atoms with E-state index in [4.69, 9.17) is 18.7 Å². The van der Waals surface area contributed by atoms with Gasteiger partial charge in [0.15, 0.2) is 0 Å². The predicted octanol–water partition coefficient (Wildman–Crippen LogP) is 1.83. The van der Waals surface area contributed by atoms with E-state index < -0.39 is 6.10 Å². The normalized spacial score (nSPS) is 15.9. The Balaban J connectivity index is 1.44. The van der Waals surface area contributed by atoms with Gasteiger partial charge in [-0.2, -0.15) is 4.98 Å². The predicted molar refractivity (Wildman–Crippen MR) is 110 cm³/mol. The van der Waals surface area contributed by atoms with Crippen LogP contribution in [-0.2, 0) is 20.8 Å². The van der Waals surface area contributed by atoms with Crippen LogP contribution in [0.25, 0.3) is 11.4 Å². The third kappa shape index (κ3) is 6.01. The van der Waals surface area contributed by atoms with Gasteiger partial charge in [-0.1, -0.05) is 5.16 Å². The Morgan fingerprint density at radius 1 is 1.17 bits per heavy atom. The molecule has 1 aromatic heterocycles. The van der Waals surface area contributed by atoms with Crippen molar-refractivity contribution < 1.29 is 23.5 Å². The van der Waals surface area contributed by atoms with Crippen molar-refractivity contribution in [2.24, 2.45) is 0 Å². The van der Waals surface area contributed by atoms with E-state index in [1.807, 2.05) is 36.1 Å². The minimum Gasteiger partial charge on any atom is -0.497 e. The lowest BCUT2D eigenvalue weighted by Crippen LogP contribution is -2.51. The largest absolute Gasteiger partial charge is 0.497 e. The summed E-state index contributed by atoms with van der Waals surface area (Å²) in [5.41, 5.74) is 0.875. The van der Waals surface area contributed by atoms with Gasteiger partial charge in [-0.3, -0.25) is 9.69 Å². The summed E-state index contributed by atoms with van der Waals surface area (Å²) in [5.74, 6) is 1.92. The summed E-state index contributed by atoms with van der Waals surface area (Å²) in [6, 6.07) is 7.53. The molecule has 30 heavy (non-hydrogen) atoms. The number of rotatable bonds is 10. The van der Waals surface area contributed by atoms with Crippen molar-refractivity contribution >= 4 is 5.91 Å². The highest BCUT2D eigenvalue weighted by molar-refractivity contribution is 5.80. The number of carbonyl (C=O) groups excluding carboxylic acids is 1. The molecule has 0 spiro atoms. The summed E-state index contributed by atoms with van der Waals surface area (Å²) in [6.07, 6.45) is -0.458. The van der Waals surface area contributed by atoms with Crippen molar-refractivity contribution in [3.05, 3.63) is 30.2 Å². The van der Waals surface area contributed by atoms with Gasteiger partial charge in [0.25, 0.3) is 5.91 Å². The van der Waals surface area contributed by atoms with E-state index >= 15 is 0 Å². The molecule has 2 aromatic rings. The molecule has 0 saturated carbocycles. The van der Waals surface area contributed by atoms with Crippen molar-refractivity contribution in [2.75, 3.05) is 53.1 Å². The molecule has 3 rings (SSSR count). The molecule has 164 valence electrons. The number of aromatic nitrogens is 2. The second-order valence-corrected chi connectivity index (χ2v) is 7.05. The molecule has 1 unspecified atom stereocenters. The molecule has 1 saturated heterocycles. The number of methoxy groups -OCH3 is 1. The topological polar surface area (TPSA) is 90.2 Å². The smallest absolute Gasteiger partial charge is 0.251 e. The number of benzene rings is 1. The van der Waals surface area contributed by atoms with Crippen LogP contribution in [0.5, 0.6) is 5.75 Å². The van der Waals surface area contributed by atoms with Crippen LogP contribution in [0.4, 0.5) is 0 Å². The summed E-state index contributed by atoms with van der Waals surface area (Å²) < 4.78 is 21.4. The van der Waals surface area contributed by atoms with E-state index in [2.05, 4.69) is 15.0 Å². The van der Waals surface area contributed by atoms with Gasteiger partial charge in [0.2, 0.25) is 11.7 Å². The van der Waals surface area contributed by atoms with Crippen LogP contribution in [-0.4, -0.2) is 85.1 Å².